The molecule has 0 radical (unpaired) electrons. The van der Waals surface area contributed by atoms with E-state index in [2.05, 4.69) is 18.7 Å². The van der Waals surface area contributed by atoms with Crippen LogP contribution in [0.1, 0.15) is 49.9 Å². The summed E-state index contributed by atoms with van der Waals surface area (Å²) in [4.78, 5) is 13.8. The molecule has 4 heteroatoms. The molecule has 114 valence electrons. The lowest BCUT2D eigenvalue weighted by atomic mass is 9.72. The molecule has 1 aliphatic heterocycles. The fraction of sp³-hybridized carbons (Fsp3) is 0.588. The van der Waals surface area contributed by atoms with Gasteiger partial charge in [0.05, 0.1) is 12.2 Å². The summed E-state index contributed by atoms with van der Waals surface area (Å²) in [7, 11) is 0. The van der Waals surface area contributed by atoms with Crippen molar-refractivity contribution in [3.05, 3.63) is 23.8 Å². The van der Waals surface area contributed by atoms with Crippen molar-refractivity contribution in [3.63, 3.8) is 0 Å². The predicted molar refractivity (Wildman–Crippen MR) is 82.3 cm³/mol. The molecule has 0 aromatic heterocycles. The van der Waals surface area contributed by atoms with Crippen LogP contribution in [0.25, 0.3) is 0 Å². The summed E-state index contributed by atoms with van der Waals surface area (Å²) in [6.45, 7) is 6.05. The number of ether oxygens (including phenoxy) is 1. The maximum atomic E-state index is 11.4. The van der Waals surface area contributed by atoms with Gasteiger partial charge in [-0.1, -0.05) is 32.8 Å². The first-order chi connectivity index (χ1) is 10.0. The molecule has 0 spiro atoms. The molecule has 2 aliphatic rings. The Morgan fingerprint density at radius 2 is 2.19 bits per heavy atom. The van der Waals surface area contributed by atoms with Crippen LogP contribution in [0.3, 0.4) is 0 Å². The van der Waals surface area contributed by atoms with E-state index >= 15 is 0 Å². The molecule has 1 aromatic carbocycles. The zero-order valence-corrected chi connectivity index (χ0v) is 12.8. The standard InChI is InChI=1S/C17H23NO3/c1-17(2)9-4-3-8-14(17)18-10-11-21-15-12(16(19)20)6-5-7-13(15)18/h5-7,14H,3-4,8-11H2,1-2H3,(H,19,20). The number of aromatic carboxylic acids is 1. The Morgan fingerprint density at radius 3 is 2.90 bits per heavy atom. The van der Waals surface area contributed by atoms with Crippen molar-refractivity contribution in [2.45, 2.75) is 45.6 Å². The van der Waals surface area contributed by atoms with Crippen LogP contribution in [0.4, 0.5) is 5.69 Å². The lowest BCUT2D eigenvalue weighted by molar-refractivity contribution is 0.0691. The normalized spacial score (nSPS) is 24.1. The number of rotatable bonds is 2. The first-order valence-corrected chi connectivity index (χ1v) is 7.76. The number of hydrogen-bond donors (Lipinski definition) is 1. The van der Waals surface area contributed by atoms with Crippen molar-refractivity contribution >= 4 is 11.7 Å². The highest BCUT2D eigenvalue weighted by atomic mass is 16.5. The third-order valence-electron chi connectivity index (χ3n) is 4.94. The Hall–Kier alpha value is -1.71. The van der Waals surface area contributed by atoms with Crippen molar-refractivity contribution in [3.8, 4) is 5.75 Å². The number of anilines is 1. The third-order valence-corrected chi connectivity index (χ3v) is 4.94. The van der Waals surface area contributed by atoms with Crippen LogP contribution in [-0.4, -0.2) is 30.3 Å². The minimum absolute atomic E-state index is 0.256. The van der Waals surface area contributed by atoms with Gasteiger partial charge in [0.2, 0.25) is 0 Å². The topological polar surface area (TPSA) is 49.8 Å². The summed E-state index contributed by atoms with van der Waals surface area (Å²) < 4.78 is 5.68. The van der Waals surface area contributed by atoms with Gasteiger partial charge in [0.1, 0.15) is 12.2 Å². The molecule has 1 atom stereocenters. The van der Waals surface area contributed by atoms with Crippen molar-refractivity contribution in [1.29, 1.82) is 0 Å². The van der Waals surface area contributed by atoms with E-state index in [1.807, 2.05) is 12.1 Å². The van der Waals surface area contributed by atoms with Crippen molar-refractivity contribution < 1.29 is 14.6 Å². The molecule has 1 aromatic rings. The van der Waals surface area contributed by atoms with E-state index in [0.717, 1.165) is 12.2 Å². The molecule has 21 heavy (non-hydrogen) atoms. The first kappa shape index (κ1) is 14.2. The second-order valence-corrected chi connectivity index (χ2v) is 6.75. The van der Waals surface area contributed by atoms with Gasteiger partial charge >= 0.3 is 5.97 Å². The van der Waals surface area contributed by atoms with Crippen LogP contribution < -0.4 is 9.64 Å². The van der Waals surface area contributed by atoms with Gasteiger partial charge in [-0.15, -0.1) is 0 Å². The molecule has 3 rings (SSSR count). The molecule has 1 unspecified atom stereocenters. The summed E-state index contributed by atoms with van der Waals surface area (Å²) in [5.74, 6) is -0.380. The molecule has 1 aliphatic carbocycles. The average Bonchev–Trinajstić information content (AvgIpc) is 2.45. The Morgan fingerprint density at radius 1 is 1.38 bits per heavy atom. The second-order valence-electron chi connectivity index (χ2n) is 6.75. The molecular weight excluding hydrogens is 266 g/mol. The Kier molecular flexibility index (Phi) is 3.56. The maximum Gasteiger partial charge on any atom is 0.339 e. The van der Waals surface area contributed by atoms with E-state index in [9.17, 15) is 9.90 Å². The highest BCUT2D eigenvalue weighted by Crippen LogP contribution is 2.44. The van der Waals surface area contributed by atoms with Crippen LogP contribution in [0.2, 0.25) is 0 Å². The first-order valence-electron chi connectivity index (χ1n) is 7.76. The van der Waals surface area contributed by atoms with Crippen LogP contribution in [0, 0.1) is 5.41 Å². The number of nitrogens with zero attached hydrogens (tertiary/aromatic N) is 1. The smallest absolute Gasteiger partial charge is 0.339 e. The molecule has 1 fully saturated rings. The van der Waals surface area contributed by atoms with Crippen molar-refractivity contribution in [1.82, 2.24) is 0 Å². The maximum absolute atomic E-state index is 11.4. The average molecular weight is 289 g/mol. The largest absolute Gasteiger partial charge is 0.489 e. The Bertz CT molecular complexity index is 553. The minimum atomic E-state index is -0.920. The van der Waals surface area contributed by atoms with Gasteiger partial charge in [0, 0.05) is 6.04 Å². The number of para-hydroxylation sites is 1. The monoisotopic (exact) mass is 289 g/mol. The molecule has 0 amide bonds. The van der Waals surface area contributed by atoms with Gasteiger partial charge in [0.15, 0.2) is 5.75 Å². The summed E-state index contributed by atoms with van der Waals surface area (Å²) in [5, 5.41) is 9.34. The number of carboxylic acid groups (broad SMARTS) is 1. The molecular formula is C17H23NO3. The van der Waals surface area contributed by atoms with E-state index in [1.54, 1.807) is 6.07 Å². The van der Waals surface area contributed by atoms with E-state index in [-0.39, 0.29) is 11.0 Å². The summed E-state index contributed by atoms with van der Waals surface area (Å²) >= 11 is 0. The quantitative estimate of drug-likeness (QED) is 0.904. The number of carboxylic acids is 1. The lowest BCUT2D eigenvalue weighted by Gasteiger charge is -2.48. The number of hydrogen-bond acceptors (Lipinski definition) is 3. The van der Waals surface area contributed by atoms with E-state index < -0.39 is 5.97 Å². The molecule has 1 heterocycles. The van der Waals surface area contributed by atoms with Crippen LogP contribution in [-0.2, 0) is 0 Å². The predicted octanol–water partition coefficient (Wildman–Crippen LogP) is 3.55. The number of carbonyl (C=O) groups is 1. The van der Waals surface area contributed by atoms with Crippen LogP contribution in [0.5, 0.6) is 5.75 Å². The summed E-state index contributed by atoms with van der Waals surface area (Å²) in [6, 6.07) is 5.89. The number of benzene rings is 1. The molecule has 0 bridgehead atoms. The second kappa shape index (κ2) is 5.24. The zero-order valence-electron chi connectivity index (χ0n) is 12.8. The summed E-state index contributed by atoms with van der Waals surface area (Å²) in [5.41, 5.74) is 1.47. The van der Waals surface area contributed by atoms with Gasteiger partial charge in [-0.2, -0.15) is 0 Å². The van der Waals surface area contributed by atoms with Crippen molar-refractivity contribution in [2.24, 2.45) is 5.41 Å². The minimum Gasteiger partial charge on any atom is -0.489 e. The van der Waals surface area contributed by atoms with Crippen LogP contribution >= 0.6 is 0 Å². The fourth-order valence-corrected chi connectivity index (χ4v) is 3.81. The van der Waals surface area contributed by atoms with E-state index in [0.29, 0.717) is 18.4 Å². The fourth-order valence-electron chi connectivity index (χ4n) is 3.81. The zero-order chi connectivity index (χ0) is 15.0. The Labute approximate surface area is 125 Å². The van der Waals surface area contributed by atoms with Gasteiger partial charge in [-0.3, -0.25) is 0 Å². The number of fused-ring (bicyclic) bond motifs is 1. The highest BCUT2D eigenvalue weighted by molar-refractivity contribution is 5.93. The van der Waals surface area contributed by atoms with E-state index in [4.69, 9.17) is 4.74 Å². The van der Waals surface area contributed by atoms with Gasteiger partial charge in [-0.05, 0) is 30.4 Å². The SMILES string of the molecule is CC1(C)CCCCC1N1CCOc2c(C(=O)O)cccc21. The van der Waals surface area contributed by atoms with Gasteiger partial charge in [0.25, 0.3) is 0 Å². The third kappa shape index (κ3) is 2.47. The Balaban J connectivity index is 2.01. The molecule has 1 N–H and O–H groups in total. The molecule has 4 nitrogen and oxygen atoms in total. The van der Waals surface area contributed by atoms with Crippen molar-refractivity contribution in [2.75, 3.05) is 18.1 Å². The molecule has 0 saturated heterocycles. The van der Waals surface area contributed by atoms with Crippen LogP contribution in [0.15, 0.2) is 18.2 Å². The van der Waals surface area contributed by atoms with E-state index in [1.165, 1.54) is 25.7 Å². The summed E-state index contributed by atoms with van der Waals surface area (Å²) in [6.07, 6.45) is 4.93. The highest BCUT2D eigenvalue weighted by Gasteiger charge is 2.38. The molecule has 1 saturated carbocycles. The lowest BCUT2D eigenvalue weighted by Crippen LogP contribution is -2.50. The van der Waals surface area contributed by atoms with Gasteiger partial charge < -0.3 is 14.7 Å². The van der Waals surface area contributed by atoms with Gasteiger partial charge in [-0.25, -0.2) is 4.79 Å².